The molecular weight excluding hydrogens is 233 g/mol. The van der Waals surface area contributed by atoms with Crippen LogP contribution in [0.5, 0.6) is 0 Å². The molecule has 0 aromatic heterocycles. The minimum Gasteiger partial charge on any atom is -0.272 e. The van der Waals surface area contributed by atoms with Crippen LogP contribution in [0.4, 0.5) is 4.39 Å². The zero-order valence-corrected chi connectivity index (χ0v) is 10.9. The summed E-state index contributed by atoms with van der Waals surface area (Å²) in [7, 11) is 0. The molecule has 1 heterocycles. The molecule has 18 heavy (non-hydrogen) atoms. The molecule has 1 atom stereocenters. The monoisotopic (exact) mass is 251 g/mol. The van der Waals surface area contributed by atoms with Crippen molar-refractivity contribution < 1.29 is 14.0 Å². The number of carbonyl (C=O) groups excluding carboxylic acids is 1. The normalized spacial score (nSPS) is 20.2. The van der Waals surface area contributed by atoms with E-state index in [0.717, 1.165) is 0 Å². The Morgan fingerprint density at radius 1 is 1.39 bits per heavy atom. The maximum atomic E-state index is 13.8. The number of hydroxylamine groups is 2. The predicted octanol–water partition coefficient (Wildman–Crippen LogP) is 3.08. The lowest BCUT2D eigenvalue weighted by atomic mass is 9.94. The van der Waals surface area contributed by atoms with Gasteiger partial charge in [-0.25, -0.2) is 9.45 Å². The van der Waals surface area contributed by atoms with E-state index in [-0.39, 0.29) is 17.8 Å². The summed E-state index contributed by atoms with van der Waals surface area (Å²) in [5, 5.41) is 1.33. The fourth-order valence-electron chi connectivity index (χ4n) is 2.03. The summed E-state index contributed by atoms with van der Waals surface area (Å²) in [6, 6.07) is 6.21. The Bertz CT molecular complexity index is 453. The molecule has 0 spiro atoms. The van der Waals surface area contributed by atoms with Crippen LogP contribution >= 0.6 is 0 Å². The Morgan fingerprint density at radius 3 is 2.67 bits per heavy atom. The molecule has 3 nitrogen and oxygen atoms in total. The highest BCUT2D eigenvalue weighted by Gasteiger charge is 2.38. The number of amides is 1. The Kier molecular flexibility index (Phi) is 3.39. The number of nitrogens with zero attached hydrogens (tertiary/aromatic N) is 1. The van der Waals surface area contributed by atoms with E-state index in [9.17, 15) is 9.18 Å². The summed E-state index contributed by atoms with van der Waals surface area (Å²) in [6.45, 7) is 5.93. The first-order valence-electron chi connectivity index (χ1n) is 6.12. The lowest BCUT2D eigenvalue weighted by Gasteiger charge is -2.29. The van der Waals surface area contributed by atoms with Crippen molar-refractivity contribution in [2.75, 3.05) is 6.61 Å². The largest absolute Gasteiger partial charge is 0.272 e. The molecule has 1 saturated heterocycles. The second-order valence-corrected chi connectivity index (χ2v) is 5.54. The first-order chi connectivity index (χ1) is 8.41. The lowest BCUT2D eigenvalue weighted by molar-refractivity contribution is -0.186. The summed E-state index contributed by atoms with van der Waals surface area (Å²) in [5.41, 5.74) is -0.0130. The highest BCUT2D eigenvalue weighted by Crippen LogP contribution is 2.34. The number of rotatable bonds is 1. The van der Waals surface area contributed by atoms with Crippen molar-refractivity contribution >= 4 is 5.91 Å². The van der Waals surface area contributed by atoms with Gasteiger partial charge in [-0.05, 0) is 6.07 Å². The number of carbonyl (C=O) groups is 1. The Labute approximate surface area is 106 Å². The topological polar surface area (TPSA) is 29.5 Å². The smallest absolute Gasteiger partial charge is 0.252 e. The van der Waals surface area contributed by atoms with Gasteiger partial charge < -0.3 is 0 Å². The second kappa shape index (κ2) is 4.69. The summed E-state index contributed by atoms with van der Waals surface area (Å²) in [4.78, 5) is 17.6. The van der Waals surface area contributed by atoms with Crippen LogP contribution in [0.15, 0.2) is 24.3 Å². The molecule has 0 saturated carbocycles. The molecule has 0 N–H and O–H groups in total. The van der Waals surface area contributed by atoms with Crippen molar-refractivity contribution in [1.29, 1.82) is 0 Å². The lowest BCUT2D eigenvalue weighted by Crippen LogP contribution is -2.38. The predicted molar refractivity (Wildman–Crippen MR) is 66.0 cm³/mol. The van der Waals surface area contributed by atoms with Gasteiger partial charge in [0.2, 0.25) is 0 Å². The van der Waals surface area contributed by atoms with Gasteiger partial charge in [0.15, 0.2) is 0 Å². The van der Waals surface area contributed by atoms with Gasteiger partial charge in [0.1, 0.15) is 5.82 Å². The third kappa shape index (κ3) is 2.38. The zero-order chi connectivity index (χ0) is 13.3. The highest BCUT2D eigenvalue weighted by molar-refractivity contribution is 5.81. The molecule has 0 aliphatic carbocycles. The quantitative estimate of drug-likeness (QED) is 0.767. The fourth-order valence-corrected chi connectivity index (χ4v) is 2.03. The molecule has 1 fully saturated rings. The SMILES string of the molecule is CC(C)(C)C(=O)N1OCCC1c1ccccc1F. The van der Waals surface area contributed by atoms with Gasteiger partial charge in [0, 0.05) is 17.4 Å². The van der Waals surface area contributed by atoms with E-state index in [4.69, 9.17) is 4.84 Å². The third-order valence-corrected chi connectivity index (χ3v) is 3.01. The van der Waals surface area contributed by atoms with E-state index in [1.807, 2.05) is 20.8 Å². The Balaban J connectivity index is 2.29. The van der Waals surface area contributed by atoms with E-state index in [2.05, 4.69) is 0 Å². The van der Waals surface area contributed by atoms with Gasteiger partial charge in [-0.15, -0.1) is 0 Å². The molecule has 1 amide bonds. The van der Waals surface area contributed by atoms with E-state index >= 15 is 0 Å². The molecule has 1 aliphatic heterocycles. The zero-order valence-electron chi connectivity index (χ0n) is 10.9. The number of hydrogen-bond acceptors (Lipinski definition) is 2. The van der Waals surface area contributed by atoms with E-state index in [0.29, 0.717) is 18.6 Å². The van der Waals surface area contributed by atoms with Crippen LogP contribution in [0.25, 0.3) is 0 Å². The summed E-state index contributed by atoms with van der Waals surface area (Å²) in [6.07, 6.45) is 0.628. The maximum Gasteiger partial charge on any atom is 0.252 e. The number of halogens is 1. The van der Waals surface area contributed by atoms with Crippen LogP contribution in [0.1, 0.15) is 38.8 Å². The van der Waals surface area contributed by atoms with Crippen molar-refractivity contribution in [3.8, 4) is 0 Å². The van der Waals surface area contributed by atoms with Crippen LogP contribution < -0.4 is 0 Å². The van der Waals surface area contributed by atoms with Crippen molar-refractivity contribution in [3.63, 3.8) is 0 Å². The van der Waals surface area contributed by atoms with Gasteiger partial charge in [0.25, 0.3) is 5.91 Å². The molecule has 0 radical (unpaired) electrons. The van der Waals surface area contributed by atoms with Crippen LogP contribution in [0, 0.1) is 11.2 Å². The minimum absolute atomic E-state index is 0.117. The average Bonchev–Trinajstić information content (AvgIpc) is 2.76. The highest BCUT2D eigenvalue weighted by atomic mass is 19.1. The summed E-state index contributed by atoms with van der Waals surface area (Å²) in [5.74, 6) is -0.409. The molecule has 0 bridgehead atoms. The van der Waals surface area contributed by atoms with Crippen LogP contribution in [0.2, 0.25) is 0 Å². The first kappa shape index (κ1) is 13.0. The minimum atomic E-state index is -0.534. The maximum absolute atomic E-state index is 13.8. The van der Waals surface area contributed by atoms with Crippen molar-refractivity contribution in [2.24, 2.45) is 5.41 Å². The van der Waals surface area contributed by atoms with Gasteiger partial charge in [-0.1, -0.05) is 39.0 Å². The molecule has 1 aromatic carbocycles. The molecule has 98 valence electrons. The summed E-state index contributed by atoms with van der Waals surface area (Å²) < 4.78 is 13.8. The van der Waals surface area contributed by atoms with Crippen LogP contribution in [0.3, 0.4) is 0 Å². The molecule has 1 unspecified atom stereocenters. The fraction of sp³-hybridized carbons (Fsp3) is 0.500. The van der Waals surface area contributed by atoms with Crippen molar-refractivity contribution in [2.45, 2.75) is 33.2 Å². The number of benzene rings is 1. The Hall–Kier alpha value is -1.42. The number of hydrogen-bond donors (Lipinski definition) is 0. The third-order valence-electron chi connectivity index (χ3n) is 3.01. The molecule has 4 heteroatoms. The van der Waals surface area contributed by atoms with Crippen LogP contribution in [-0.2, 0) is 9.63 Å². The molecule has 1 aliphatic rings. The standard InChI is InChI=1S/C14H18FNO2/c1-14(2,3)13(17)16-12(8-9-18-16)10-6-4-5-7-11(10)15/h4-7,12H,8-9H2,1-3H3. The molecule has 1 aromatic rings. The average molecular weight is 251 g/mol. The van der Waals surface area contributed by atoms with E-state index in [1.54, 1.807) is 18.2 Å². The van der Waals surface area contributed by atoms with Gasteiger partial charge in [0.05, 0.1) is 12.6 Å². The molecular formula is C14H18FNO2. The Morgan fingerprint density at radius 2 is 2.06 bits per heavy atom. The van der Waals surface area contributed by atoms with E-state index < -0.39 is 5.41 Å². The van der Waals surface area contributed by atoms with E-state index in [1.165, 1.54) is 11.1 Å². The summed E-state index contributed by atoms with van der Waals surface area (Å²) >= 11 is 0. The van der Waals surface area contributed by atoms with Crippen LogP contribution in [-0.4, -0.2) is 17.6 Å². The first-order valence-corrected chi connectivity index (χ1v) is 6.12. The molecule has 2 rings (SSSR count). The van der Waals surface area contributed by atoms with Gasteiger partial charge in [-0.3, -0.25) is 9.63 Å². The second-order valence-electron chi connectivity index (χ2n) is 5.54. The van der Waals surface area contributed by atoms with Crippen molar-refractivity contribution in [3.05, 3.63) is 35.6 Å². The van der Waals surface area contributed by atoms with Gasteiger partial charge >= 0.3 is 0 Å². The van der Waals surface area contributed by atoms with Crippen molar-refractivity contribution in [1.82, 2.24) is 5.06 Å². The van der Waals surface area contributed by atoms with Gasteiger partial charge in [-0.2, -0.15) is 0 Å².